The van der Waals surface area contributed by atoms with Crippen LogP contribution < -0.4 is 0 Å². The lowest BCUT2D eigenvalue weighted by molar-refractivity contribution is -0.146. The predicted octanol–water partition coefficient (Wildman–Crippen LogP) is 15.0. The molecule has 1 N–H and O–H groups in total. The van der Waals surface area contributed by atoms with Crippen LogP contribution in [0.5, 0.6) is 0 Å². The molecule has 0 bridgehead atoms. The fraction of sp³-hybridized carbons (Fsp3) is 0.949. The van der Waals surface area contributed by atoms with E-state index in [0.29, 0.717) is 76.8 Å². The fourth-order valence-corrected chi connectivity index (χ4v) is 10.1. The van der Waals surface area contributed by atoms with E-state index in [1.807, 2.05) is 23.9 Å². The van der Waals surface area contributed by atoms with Crippen molar-refractivity contribution in [2.75, 3.05) is 66.6 Å². The van der Waals surface area contributed by atoms with Gasteiger partial charge in [0.25, 0.3) is 0 Å². The average Bonchev–Trinajstić information content (AvgIpc) is 3.32. The maximum Gasteiger partial charge on any atom is 0.305 e. The summed E-state index contributed by atoms with van der Waals surface area (Å²) in [6, 6.07) is 0. The SMILES string of the molecule is CCCCCCCCC(CCCCCCCC)COC(=O)CCCCCN(CCCCCC(=O)OCC(CCCCCCCC)CCCCCCCC)CC1(O)CCN(C(=O)CCN(C)C)CC1. The number of nitrogens with zero attached hydrogens (tertiary/aromatic N) is 3. The molecule has 68 heavy (non-hydrogen) atoms. The van der Waals surface area contributed by atoms with E-state index < -0.39 is 5.60 Å². The fourth-order valence-electron chi connectivity index (χ4n) is 10.1. The van der Waals surface area contributed by atoms with Crippen molar-refractivity contribution in [1.29, 1.82) is 0 Å². The molecular weight excluding hydrogens is 847 g/mol. The molecule has 402 valence electrons. The minimum absolute atomic E-state index is 0.0522. The van der Waals surface area contributed by atoms with Crippen LogP contribution in [0.25, 0.3) is 0 Å². The van der Waals surface area contributed by atoms with Gasteiger partial charge in [0.1, 0.15) is 0 Å². The summed E-state index contributed by atoms with van der Waals surface area (Å²) in [4.78, 5) is 45.1. The van der Waals surface area contributed by atoms with Crippen LogP contribution in [0.4, 0.5) is 0 Å². The molecule has 9 nitrogen and oxygen atoms in total. The van der Waals surface area contributed by atoms with Crippen LogP contribution in [-0.2, 0) is 23.9 Å². The van der Waals surface area contributed by atoms with Gasteiger partial charge in [0, 0.05) is 45.4 Å². The van der Waals surface area contributed by atoms with Crippen molar-refractivity contribution in [3.8, 4) is 0 Å². The second-order valence-electron chi connectivity index (χ2n) is 21.9. The van der Waals surface area contributed by atoms with Gasteiger partial charge in [-0.1, -0.05) is 195 Å². The first-order valence-electron chi connectivity index (χ1n) is 29.7. The number of carbonyl (C=O) groups excluding carboxylic acids is 3. The Morgan fingerprint density at radius 3 is 1.16 bits per heavy atom. The molecular formula is C59H115N3O6. The zero-order valence-corrected chi connectivity index (χ0v) is 46.2. The number of hydrogen-bond acceptors (Lipinski definition) is 8. The van der Waals surface area contributed by atoms with Gasteiger partial charge < -0.3 is 29.3 Å². The summed E-state index contributed by atoms with van der Waals surface area (Å²) in [5.74, 6) is 1.03. The van der Waals surface area contributed by atoms with Crippen LogP contribution in [0.3, 0.4) is 0 Å². The van der Waals surface area contributed by atoms with E-state index in [0.717, 1.165) is 58.2 Å². The molecule has 0 saturated carbocycles. The van der Waals surface area contributed by atoms with Gasteiger partial charge in [-0.25, -0.2) is 0 Å². The highest BCUT2D eigenvalue weighted by atomic mass is 16.5. The van der Waals surface area contributed by atoms with E-state index in [4.69, 9.17) is 9.47 Å². The van der Waals surface area contributed by atoms with Gasteiger partial charge in [0.2, 0.25) is 5.91 Å². The number of aliphatic hydroxyl groups is 1. The highest BCUT2D eigenvalue weighted by Gasteiger charge is 2.35. The lowest BCUT2D eigenvalue weighted by Crippen LogP contribution is -2.52. The molecule has 0 aromatic heterocycles. The molecule has 0 radical (unpaired) electrons. The summed E-state index contributed by atoms with van der Waals surface area (Å²) in [6.07, 6.45) is 44.0. The van der Waals surface area contributed by atoms with E-state index in [2.05, 4.69) is 32.6 Å². The molecule has 0 unspecified atom stereocenters. The summed E-state index contributed by atoms with van der Waals surface area (Å²) in [5.41, 5.74) is -0.824. The van der Waals surface area contributed by atoms with E-state index in [-0.39, 0.29) is 17.8 Å². The van der Waals surface area contributed by atoms with Crippen LogP contribution in [0.2, 0.25) is 0 Å². The normalized spacial score (nSPS) is 14.0. The van der Waals surface area contributed by atoms with Crippen molar-refractivity contribution in [2.45, 2.75) is 284 Å². The van der Waals surface area contributed by atoms with E-state index in [1.165, 1.54) is 180 Å². The summed E-state index contributed by atoms with van der Waals surface area (Å²) in [6.45, 7) is 14.5. The number of unbranched alkanes of at least 4 members (excludes halogenated alkanes) is 24. The monoisotopic (exact) mass is 962 g/mol. The average molecular weight is 963 g/mol. The zero-order chi connectivity index (χ0) is 49.8. The maximum absolute atomic E-state index is 13.0. The highest BCUT2D eigenvalue weighted by molar-refractivity contribution is 5.76. The number of piperidine rings is 1. The molecule has 1 aliphatic rings. The van der Waals surface area contributed by atoms with Crippen LogP contribution in [-0.4, -0.2) is 110 Å². The minimum atomic E-state index is -0.824. The molecule has 1 fully saturated rings. The minimum Gasteiger partial charge on any atom is -0.465 e. The Bertz CT molecular complexity index is 1070. The van der Waals surface area contributed by atoms with Crippen molar-refractivity contribution in [3.05, 3.63) is 0 Å². The van der Waals surface area contributed by atoms with Gasteiger partial charge >= 0.3 is 11.9 Å². The largest absolute Gasteiger partial charge is 0.465 e. The molecule has 0 spiro atoms. The van der Waals surface area contributed by atoms with Crippen molar-refractivity contribution in [2.24, 2.45) is 11.8 Å². The Balaban J connectivity index is 2.66. The number of ether oxygens (including phenoxy) is 2. The Morgan fingerprint density at radius 1 is 0.471 bits per heavy atom. The van der Waals surface area contributed by atoms with E-state index in [1.54, 1.807) is 0 Å². The quantitative estimate of drug-likeness (QED) is 0.0475. The van der Waals surface area contributed by atoms with Gasteiger partial charge in [0.05, 0.1) is 18.8 Å². The summed E-state index contributed by atoms with van der Waals surface area (Å²) in [7, 11) is 3.98. The van der Waals surface area contributed by atoms with Crippen molar-refractivity contribution < 1.29 is 29.0 Å². The molecule has 1 aliphatic heterocycles. The zero-order valence-electron chi connectivity index (χ0n) is 46.2. The Kier molecular flexibility index (Phi) is 42.7. The van der Waals surface area contributed by atoms with Crippen LogP contribution in [0, 0.1) is 11.8 Å². The number of likely N-dealkylation sites (tertiary alicyclic amines) is 1. The number of carbonyl (C=O) groups is 3. The number of amides is 1. The van der Waals surface area contributed by atoms with Crippen LogP contribution in [0.1, 0.15) is 278 Å². The lowest BCUT2D eigenvalue weighted by atomic mass is 9.90. The molecule has 1 heterocycles. The van der Waals surface area contributed by atoms with Gasteiger partial charge in [-0.05, 0) is 103 Å². The van der Waals surface area contributed by atoms with E-state index in [9.17, 15) is 19.5 Å². The summed E-state index contributed by atoms with van der Waals surface area (Å²) >= 11 is 0. The third kappa shape index (κ3) is 38.0. The van der Waals surface area contributed by atoms with Crippen molar-refractivity contribution >= 4 is 17.8 Å². The van der Waals surface area contributed by atoms with Crippen LogP contribution >= 0.6 is 0 Å². The van der Waals surface area contributed by atoms with Crippen LogP contribution in [0.15, 0.2) is 0 Å². The first kappa shape index (κ1) is 64.3. The standard InChI is InChI=1S/C59H115N3O6/c1-7-11-15-19-23-29-37-54(38-30-24-20-16-12-8-2)51-67-57(64)41-33-27-35-46-61(53-59(66)44-49-62(50-45-59)56(63)43-48-60(5)6)47-36-28-34-42-58(65)68-52-55(39-31-25-21-17-13-9-3)40-32-26-22-18-14-10-4/h54-55,66H,7-53H2,1-6H3. The smallest absolute Gasteiger partial charge is 0.305 e. The number of rotatable bonds is 49. The van der Waals surface area contributed by atoms with Crippen molar-refractivity contribution in [3.63, 3.8) is 0 Å². The molecule has 0 aromatic carbocycles. The molecule has 9 heteroatoms. The summed E-state index contributed by atoms with van der Waals surface area (Å²) in [5, 5.41) is 11.8. The third-order valence-corrected chi connectivity index (χ3v) is 14.9. The second kappa shape index (κ2) is 45.2. The first-order valence-corrected chi connectivity index (χ1v) is 29.7. The molecule has 1 amide bonds. The Labute approximate surface area is 422 Å². The number of esters is 2. The van der Waals surface area contributed by atoms with Gasteiger partial charge in [0.15, 0.2) is 0 Å². The van der Waals surface area contributed by atoms with Gasteiger partial charge in [-0.2, -0.15) is 0 Å². The highest BCUT2D eigenvalue weighted by Crippen LogP contribution is 2.26. The second-order valence-corrected chi connectivity index (χ2v) is 21.9. The predicted molar refractivity (Wildman–Crippen MR) is 288 cm³/mol. The van der Waals surface area contributed by atoms with E-state index >= 15 is 0 Å². The first-order chi connectivity index (χ1) is 33.0. The summed E-state index contributed by atoms with van der Waals surface area (Å²) < 4.78 is 11.8. The molecule has 0 atom stereocenters. The molecule has 0 aliphatic carbocycles. The maximum atomic E-state index is 13.0. The Morgan fingerprint density at radius 2 is 0.809 bits per heavy atom. The third-order valence-electron chi connectivity index (χ3n) is 14.9. The topological polar surface area (TPSA) is 99.6 Å². The van der Waals surface area contributed by atoms with Crippen molar-refractivity contribution in [1.82, 2.24) is 14.7 Å². The molecule has 1 saturated heterocycles. The van der Waals surface area contributed by atoms with Gasteiger partial charge in [-0.3, -0.25) is 14.4 Å². The number of hydrogen-bond donors (Lipinski definition) is 1. The molecule has 1 rings (SSSR count). The van der Waals surface area contributed by atoms with Gasteiger partial charge in [-0.15, -0.1) is 0 Å². The lowest BCUT2D eigenvalue weighted by Gasteiger charge is -2.41. The molecule has 0 aromatic rings. The Hall–Kier alpha value is -1.71.